The van der Waals surface area contributed by atoms with Crippen LogP contribution in [0.15, 0.2) is 42.5 Å². The van der Waals surface area contributed by atoms with E-state index in [2.05, 4.69) is 17.0 Å². The monoisotopic (exact) mass is 355 g/mol. The van der Waals surface area contributed by atoms with Crippen molar-refractivity contribution in [3.8, 4) is 0 Å². The number of hydrogen-bond acceptors (Lipinski definition) is 1. The molecule has 0 amide bonds. The summed E-state index contributed by atoms with van der Waals surface area (Å²) in [4.78, 5) is 3.96. The van der Waals surface area contributed by atoms with Crippen LogP contribution in [0.5, 0.6) is 0 Å². The summed E-state index contributed by atoms with van der Waals surface area (Å²) in [6.07, 6.45) is 0. The molecule has 1 heterocycles. The van der Waals surface area contributed by atoms with Crippen LogP contribution in [0.25, 0.3) is 0 Å². The van der Waals surface area contributed by atoms with Gasteiger partial charge in [-0.2, -0.15) is 0 Å². The number of anilines is 1. The van der Waals surface area contributed by atoms with Crippen LogP contribution in [0.4, 0.5) is 5.69 Å². The van der Waals surface area contributed by atoms with Gasteiger partial charge in [0.15, 0.2) is 0 Å². The fourth-order valence-corrected chi connectivity index (χ4v) is 3.37. The van der Waals surface area contributed by atoms with Gasteiger partial charge in [0.05, 0.1) is 36.2 Å². The fraction of sp³-hybridized carbons (Fsp3) is 0.294. The number of hydrogen-bond donors (Lipinski definition) is 1. The van der Waals surface area contributed by atoms with Gasteiger partial charge in [-0.25, -0.2) is 0 Å². The summed E-state index contributed by atoms with van der Waals surface area (Å²) in [5.41, 5.74) is 2.45. The Hall–Kier alpha value is -0.930. The second kappa shape index (κ2) is 7.10. The molecule has 0 aliphatic carbocycles. The quantitative estimate of drug-likeness (QED) is 0.883. The van der Waals surface area contributed by atoms with Gasteiger partial charge in [0.1, 0.15) is 6.54 Å². The highest BCUT2D eigenvalue weighted by atomic mass is 35.5. The van der Waals surface area contributed by atoms with E-state index in [4.69, 9.17) is 34.8 Å². The number of halogens is 3. The Bertz CT molecular complexity index is 652. The highest BCUT2D eigenvalue weighted by molar-refractivity contribution is 6.42. The number of nitrogens with zero attached hydrogens (tertiary/aromatic N) is 1. The molecular formula is C17H18Cl3N2+. The fourth-order valence-electron chi connectivity index (χ4n) is 2.87. The summed E-state index contributed by atoms with van der Waals surface area (Å²) in [5, 5.41) is 2.05. The third-order valence-electron chi connectivity index (χ3n) is 4.08. The molecule has 0 aromatic heterocycles. The van der Waals surface area contributed by atoms with Crippen molar-refractivity contribution in [3.05, 3.63) is 63.1 Å². The van der Waals surface area contributed by atoms with Gasteiger partial charge in [0.25, 0.3) is 0 Å². The molecule has 1 N–H and O–H groups in total. The van der Waals surface area contributed by atoms with Gasteiger partial charge >= 0.3 is 0 Å². The highest BCUT2D eigenvalue weighted by Gasteiger charge is 2.20. The lowest BCUT2D eigenvalue weighted by molar-refractivity contribution is -0.914. The Morgan fingerprint density at radius 2 is 1.68 bits per heavy atom. The Morgan fingerprint density at radius 3 is 2.36 bits per heavy atom. The van der Waals surface area contributed by atoms with Gasteiger partial charge in [-0.05, 0) is 30.3 Å². The van der Waals surface area contributed by atoms with Crippen molar-refractivity contribution in [2.24, 2.45) is 0 Å². The van der Waals surface area contributed by atoms with E-state index in [9.17, 15) is 0 Å². The molecule has 5 heteroatoms. The smallest absolute Gasteiger partial charge is 0.103 e. The molecule has 116 valence electrons. The van der Waals surface area contributed by atoms with Gasteiger partial charge in [-0.15, -0.1) is 0 Å². The summed E-state index contributed by atoms with van der Waals surface area (Å²) in [5.74, 6) is 0. The summed E-state index contributed by atoms with van der Waals surface area (Å²) in [7, 11) is 0. The van der Waals surface area contributed by atoms with Crippen molar-refractivity contribution in [3.63, 3.8) is 0 Å². The van der Waals surface area contributed by atoms with Gasteiger partial charge < -0.3 is 9.80 Å². The lowest BCUT2D eigenvalue weighted by atomic mass is 10.2. The van der Waals surface area contributed by atoms with Crippen LogP contribution in [-0.4, -0.2) is 26.2 Å². The Balaban J connectivity index is 1.58. The van der Waals surface area contributed by atoms with Crippen molar-refractivity contribution in [2.45, 2.75) is 6.54 Å². The molecule has 0 unspecified atom stereocenters. The maximum absolute atomic E-state index is 6.09. The largest absolute Gasteiger partial charge is 0.360 e. The van der Waals surface area contributed by atoms with Crippen LogP contribution in [0.1, 0.15) is 5.56 Å². The second-order valence-corrected chi connectivity index (χ2v) is 6.89. The van der Waals surface area contributed by atoms with E-state index < -0.39 is 0 Å². The molecule has 2 aromatic carbocycles. The molecule has 1 aliphatic rings. The zero-order valence-corrected chi connectivity index (χ0v) is 14.4. The topological polar surface area (TPSA) is 7.68 Å². The maximum atomic E-state index is 6.09. The first-order chi connectivity index (χ1) is 10.6. The van der Waals surface area contributed by atoms with Crippen molar-refractivity contribution < 1.29 is 4.90 Å². The number of quaternary nitrogens is 1. The van der Waals surface area contributed by atoms with Gasteiger partial charge in [-0.1, -0.05) is 46.9 Å². The predicted octanol–water partition coefficient (Wildman–Crippen LogP) is 3.55. The molecule has 0 spiro atoms. The minimum Gasteiger partial charge on any atom is -0.360 e. The van der Waals surface area contributed by atoms with Crippen molar-refractivity contribution in [1.29, 1.82) is 0 Å². The molecule has 0 atom stereocenters. The van der Waals surface area contributed by atoms with Crippen LogP contribution >= 0.6 is 34.8 Å². The molecule has 0 bridgehead atoms. The third kappa shape index (κ3) is 3.88. The summed E-state index contributed by atoms with van der Waals surface area (Å²) >= 11 is 18.1. The predicted molar refractivity (Wildman–Crippen MR) is 94.5 cm³/mol. The first-order valence-corrected chi connectivity index (χ1v) is 8.53. The summed E-state index contributed by atoms with van der Waals surface area (Å²) < 4.78 is 0. The molecule has 1 fully saturated rings. The molecule has 0 radical (unpaired) electrons. The lowest BCUT2D eigenvalue weighted by Gasteiger charge is -2.33. The molecule has 0 saturated carbocycles. The lowest BCUT2D eigenvalue weighted by Crippen LogP contribution is -3.13. The Labute approximate surface area is 146 Å². The van der Waals surface area contributed by atoms with E-state index in [0.29, 0.717) is 10.0 Å². The summed E-state index contributed by atoms with van der Waals surface area (Å²) in [6.45, 7) is 5.27. The molecular weight excluding hydrogens is 339 g/mol. The number of rotatable bonds is 3. The number of nitrogens with one attached hydrogen (secondary N) is 1. The first kappa shape index (κ1) is 15.9. The van der Waals surface area contributed by atoms with Crippen LogP contribution in [0.2, 0.25) is 15.1 Å². The number of benzene rings is 2. The minimum absolute atomic E-state index is 0.617. The van der Waals surface area contributed by atoms with Crippen molar-refractivity contribution in [2.75, 3.05) is 31.1 Å². The van der Waals surface area contributed by atoms with E-state index in [1.54, 1.807) is 4.90 Å². The maximum Gasteiger partial charge on any atom is 0.103 e. The average Bonchev–Trinajstić information content (AvgIpc) is 2.52. The summed E-state index contributed by atoms with van der Waals surface area (Å²) in [6, 6.07) is 14.0. The van der Waals surface area contributed by atoms with Gasteiger partial charge in [0, 0.05) is 16.3 Å². The SMILES string of the molecule is Clc1cccc(N2CC[NH+](Cc3ccc(Cl)c(Cl)c3)CC2)c1. The molecule has 3 rings (SSSR count). The second-order valence-electron chi connectivity index (χ2n) is 5.64. The molecule has 2 nitrogen and oxygen atoms in total. The molecule has 2 aromatic rings. The van der Waals surface area contributed by atoms with E-state index in [1.807, 2.05) is 30.3 Å². The number of piperazine rings is 1. The van der Waals surface area contributed by atoms with Crippen LogP contribution in [0.3, 0.4) is 0 Å². The Kier molecular flexibility index (Phi) is 5.14. The third-order valence-corrected chi connectivity index (χ3v) is 5.06. The van der Waals surface area contributed by atoms with Crippen LogP contribution in [0, 0.1) is 0 Å². The van der Waals surface area contributed by atoms with Crippen molar-refractivity contribution >= 4 is 40.5 Å². The van der Waals surface area contributed by atoms with Gasteiger partial charge in [-0.3, -0.25) is 0 Å². The van der Waals surface area contributed by atoms with E-state index in [1.165, 1.54) is 11.3 Å². The molecule has 22 heavy (non-hydrogen) atoms. The average molecular weight is 357 g/mol. The standard InChI is InChI=1S/C17H17Cl3N2/c18-14-2-1-3-15(11-14)22-8-6-21(7-9-22)12-13-4-5-16(19)17(20)10-13/h1-5,10-11H,6-9,12H2/p+1. The minimum atomic E-state index is 0.617. The normalized spacial score (nSPS) is 16.0. The van der Waals surface area contributed by atoms with Crippen molar-refractivity contribution in [1.82, 2.24) is 0 Å². The van der Waals surface area contributed by atoms with Crippen LogP contribution < -0.4 is 9.80 Å². The van der Waals surface area contributed by atoms with Crippen LogP contribution in [-0.2, 0) is 6.54 Å². The molecule has 1 saturated heterocycles. The van der Waals surface area contributed by atoms with Gasteiger partial charge in [0.2, 0.25) is 0 Å². The molecule has 1 aliphatic heterocycles. The van der Waals surface area contributed by atoms with E-state index in [0.717, 1.165) is 37.7 Å². The highest BCUT2D eigenvalue weighted by Crippen LogP contribution is 2.22. The first-order valence-electron chi connectivity index (χ1n) is 7.40. The zero-order valence-electron chi connectivity index (χ0n) is 12.2. The Morgan fingerprint density at radius 1 is 0.909 bits per heavy atom. The van der Waals surface area contributed by atoms with E-state index in [-0.39, 0.29) is 0 Å². The zero-order chi connectivity index (χ0) is 15.5. The van der Waals surface area contributed by atoms with E-state index >= 15 is 0 Å².